The number of nitrogens with zero attached hydrogens (tertiary/aromatic N) is 1. The van der Waals surface area contributed by atoms with E-state index in [9.17, 15) is 0 Å². The Morgan fingerprint density at radius 1 is 0.833 bits per heavy atom. The molecule has 0 spiro atoms. The van der Waals surface area contributed by atoms with E-state index in [4.69, 9.17) is 51.7 Å². The van der Waals surface area contributed by atoms with E-state index in [1.165, 1.54) is 0 Å². The highest BCUT2D eigenvalue weighted by molar-refractivity contribution is 6.42. The van der Waals surface area contributed by atoms with Gasteiger partial charge in [0.1, 0.15) is 0 Å². The van der Waals surface area contributed by atoms with E-state index in [-0.39, 0.29) is 0 Å². The summed E-state index contributed by atoms with van der Waals surface area (Å²) < 4.78 is 0. The minimum absolute atomic E-state index is 0.395. The van der Waals surface area contributed by atoms with Crippen molar-refractivity contribution in [3.63, 3.8) is 0 Å². The quantitative estimate of drug-likeness (QED) is 0.648. The number of rotatable bonds is 1. The van der Waals surface area contributed by atoms with E-state index in [1.807, 2.05) is 0 Å². The number of hydrogen-bond donors (Lipinski definition) is 0. The van der Waals surface area contributed by atoms with Crippen LogP contribution in [-0.4, -0.2) is 0 Å². The summed E-state index contributed by atoms with van der Waals surface area (Å²) in [6.07, 6.45) is 0. The lowest BCUT2D eigenvalue weighted by Crippen LogP contribution is -1.87. The van der Waals surface area contributed by atoms with Gasteiger partial charge in [-0.1, -0.05) is 52.5 Å². The molecular formula is C13H5Cl4N. The molecule has 0 heterocycles. The normalized spacial score (nSPS) is 10.2. The maximum Gasteiger partial charge on any atom is 0.0998 e. The van der Waals surface area contributed by atoms with Gasteiger partial charge in [0.15, 0.2) is 0 Å². The predicted molar refractivity (Wildman–Crippen MR) is 76.6 cm³/mol. The SMILES string of the molecule is N#Cc1cc(Cl)ccc1-c1c(Cl)cc(Cl)cc1Cl. The highest BCUT2D eigenvalue weighted by Crippen LogP contribution is 2.39. The van der Waals surface area contributed by atoms with Gasteiger partial charge in [0, 0.05) is 21.2 Å². The van der Waals surface area contributed by atoms with Crippen LogP contribution in [0.4, 0.5) is 0 Å². The Morgan fingerprint density at radius 3 is 2.00 bits per heavy atom. The molecule has 0 saturated carbocycles. The molecule has 1 nitrogen and oxygen atoms in total. The number of benzene rings is 2. The number of hydrogen-bond acceptors (Lipinski definition) is 1. The molecule has 0 fully saturated rings. The first-order chi connectivity index (χ1) is 8.52. The molecule has 0 unspecified atom stereocenters. The van der Waals surface area contributed by atoms with Gasteiger partial charge in [0.25, 0.3) is 0 Å². The van der Waals surface area contributed by atoms with Gasteiger partial charge >= 0.3 is 0 Å². The van der Waals surface area contributed by atoms with Gasteiger partial charge in [-0.2, -0.15) is 5.26 Å². The monoisotopic (exact) mass is 315 g/mol. The zero-order valence-electron chi connectivity index (χ0n) is 8.85. The Bertz CT molecular complexity index is 636. The van der Waals surface area contributed by atoms with E-state index in [0.29, 0.717) is 36.8 Å². The lowest BCUT2D eigenvalue weighted by molar-refractivity contribution is 1.48. The fraction of sp³-hybridized carbons (Fsp3) is 0. The van der Waals surface area contributed by atoms with Crippen LogP contribution in [0.5, 0.6) is 0 Å². The summed E-state index contributed by atoms with van der Waals surface area (Å²) in [4.78, 5) is 0. The molecule has 0 aromatic heterocycles. The Labute approximate surface area is 124 Å². The van der Waals surface area contributed by atoms with E-state index >= 15 is 0 Å². The van der Waals surface area contributed by atoms with E-state index < -0.39 is 0 Å². The third kappa shape index (κ3) is 2.58. The predicted octanol–water partition coefficient (Wildman–Crippen LogP) is 5.84. The highest BCUT2D eigenvalue weighted by atomic mass is 35.5. The van der Waals surface area contributed by atoms with Gasteiger partial charge in [-0.25, -0.2) is 0 Å². The summed E-state index contributed by atoms with van der Waals surface area (Å²) in [6, 6.07) is 10.2. The molecule has 0 bridgehead atoms. The molecule has 0 radical (unpaired) electrons. The van der Waals surface area contributed by atoms with Crippen molar-refractivity contribution in [3.8, 4) is 17.2 Å². The molecule has 2 aromatic carbocycles. The van der Waals surface area contributed by atoms with Gasteiger partial charge in [0.05, 0.1) is 21.7 Å². The van der Waals surface area contributed by atoms with Crippen LogP contribution >= 0.6 is 46.4 Å². The maximum absolute atomic E-state index is 9.12. The standard InChI is InChI=1S/C13H5Cl4N/c14-8-1-2-10(7(3-8)6-18)13-11(16)4-9(15)5-12(13)17/h1-5H. The van der Waals surface area contributed by atoms with Crippen molar-refractivity contribution >= 4 is 46.4 Å². The lowest BCUT2D eigenvalue weighted by Gasteiger charge is -2.10. The van der Waals surface area contributed by atoms with Crippen molar-refractivity contribution in [3.05, 3.63) is 56.0 Å². The van der Waals surface area contributed by atoms with Crippen LogP contribution in [0, 0.1) is 11.3 Å². The maximum atomic E-state index is 9.12. The average molecular weight is 317 g/mol. The first kappa shape index (κ1) is 13.5. The first-order valence-electron chi connectivity index (χ1n) is 4.87. The Hall–Kier alpha value is -0.910. The molecule has 2 rings (SSSR count). The summed E-state index contributed by atoms with van der Waals surface area (Å²) in [5, 5.41) is 10.8. The summed E-state index contributed by atoms with van der Waals surface area (Å²) in [7, 11) is 0. The summed E-state index contributed by atoms with van der Waals surface area (Å²) in [5.74, 6) is 0. The summed E-state index contributed by atoms with van der Waals surface area (Å²) >= 11 is 24.0. The highest BCUT2D eigenvalue weighted by Gasteiger charge is 2.14. The van der Waals surface area contributed by atoms with E-state index in [1.54, 1.807) is 30.3 Å². The molecule has 0 N–H and O–H groups in total. The largest absolute Gasteiger partial charge is 0.192 e. The average Bonchev–Trinajstić information content (AvgIpc) is 2.29. The van der Waals surface area contributed by atoms with Crippen LogP contribution < -0.4 is 0 Å². The van der Waals surface area contributed by atoms with E-state index in [0.717, 1.165) is 0 Å². The summed E-state index contributed by atoms with van der Waals surface area (Å²) in [6.45, 7) is 0. The topological polar surface area (TPSA) is 23.8 Å². The Kier molecular flexibility index (Phi) is 4.04. The molecule has 0 atom stereocenters. The second kappa shape index (κ2) is 5.38. The molecule has 0 aliphatic heterocycles. The van der Waals surface area contributed by atoms with Crippen molar-refractivity contribution in [2.75, 3.05) is 0 Å². The second-order valence-electron chi connectivity index (χ2n) is 3.55. The third-order valence-electron chi connectivity index (χ3n) is 2.38. The molecular weight excluding hydrogens is 312 g/mol. The zero-order chi connectivity index (χ0) is 13.3. The van der Waals surface area contributed by atoms with Crippen LogP contribution in [0.15, 0.2) is 30.3 Å². The first-order valence-corrected chi connectivity index (χ1v) is 6.38. The molecule has 90 valence electrons. The number of nitriles is 1. The van der Waals surface area contributed by atoms with Gasteiger partial charge in [-0.15, -0.1) is 0 Å². The molecule has 0 saturated heterocycles. The third-order valence-corrected chi connectivity index (χ3v) is 3.43. The smallest absolute Gasteiger partial charge is 0.0998 e. The molecule has 5 heteroatoms. The minimum Gasteiger partial charge on any atom is -0.192 e. The van der Waals surface area contributed by atoms with Crippen molar-refractivity contribution in [2.24, 2.45) is 0 Å². The zero-order valence-corrected chi connectivity index (χ0v) is 11.9. The molecule has 2 aromatic rings. The Balaban J connectivity index is 2.74. The van der Waals surface area contributed by atoms with Gasteiger partial charge < -0.3 is 0 Å². The number of halogens is 4. The molecule has 0 aliphatic carbocycles. The lowest BCUT2D eigenvalue weighted by atomic mass is 10.0. The Morgan fingerprint density at radius 2 is 1.44 bits per heavy atom. The molecule has 0 amide bonds. The fourth-order valence-electron chi connectivity index (χ4n) is 1.63. The second-order valence-corrected chi connectivity index (χ2v) is 5.23. The van der Waals surface area contributed by atoms with Crippen molar-refractivity contribution < 1.29 is 0 Å². The molecule has 0 aliphatic rings. The minimum atomic E-state index is 0.395. The van der Waals surface area contributed by atoms with Crippen molar-refractivity contribution in [1.29, 1.82) is 5.26 Å². The fourth-order valence-corrected chi connectivity index (χ4v) is 2.82. The van der Waals surface area contributed by atoms with Crippen LogP contribution in [0.1, 0.15) is 5.56 Å². The van der Waals surface area contributed by atoms with Gasteiger partial charge in [-0.05, 0) is 24.3 Å². The summed E-state index contributed by atoms with van der Waals surface area (Å²) in [5.41, 5.74) is 1.62. The van der Waals surface area contributed by atoms with Crippen LogP contribution in [-0.2, 0) is 0 Å². The van der Waals surface area contributed by atoms with Gasteiger partial charge in [-0.3, -0.25) is 0 Å². The molecule has 18 heavy (non-hydrogen) atoms. The van der Waals surface area contributed by atoms with Crippen LogP contribution in [0.3, 0.4) is 0 Å². The van der Waals surface area contributed by atoms with Crippen molar-refractivity contribution in [2.45, 2.75) is 0 Å². The van der Waals surface area contributed by atoms with E-state index in [2.05, 4.69) is 6.07 Å². The van der Waals surface area contributed by atoms with Crippen LogP contribution in [0.25, 0.3) is 11.1 Å². The van der Waals surface area contributed by atoms with Crippen molar-refractivity contribution in [1.82, 2.24) is 0 Å². The van der Waals surface area contributed by atoms with Gasteiger partial charge in [0.2, 0.25) is 0 Å². The van der Waals surface area contributed by atoms with Crippen LogP contribution in [0.2, 0.25) is 20.1 Å².